The van der Waals surface area contributed by atoms with Crippen molar-refractivity contribution in [1.29, 1.82) is 0 Å². The molecule has 0 bridgehead atoms. The van der Waals surface area contributed by atoms with Crippen molar-refractivity contribution in [3.8, 4) is 28.7 Å². The van der Waals surface area contributed by atoms with Gasteiger partial charge in [-0.05, 0) is 24.3 Å². The summed E-state index contributed by atoms with van der Waals surface area (Å²) in [5, 5.41) is 1.83. The number of halogens is 5. The number of alkyl halides is 3. The lowest BCUT2D eigenvalue weighted by Crippen LogP contribution is -2.18. The number of carbonyl (C=O) groups excluding carboxylic acids is 2. The van der Waals surface area contributed by atoms with Gasteiger partial charge in [-0.1, -0.05) is 11.6 Å². The van der Waals surface area contributed by atoms with E-state index in [4.69, 9.17) is 31.5 Å². The summed E-state index contributed by atoms with van der Waals surface area (Å²) in [5.74, 6) is -4.77. The van der Waals surface area contributed by atoms with Gasteiger partial charge in [0.05, 0.1) is 14.2 Å². The maximum atomic E-state index is 15.2. The lowest BCUT2D eigenvalue weighted by Gasteiger charge is -2.17. The van der Waals surface area contributed by atoms with E-state index in [1.807, 2.05) is 0 Å². The highest BCUT2D eigenvalue weighted by molar-refractivity contribution is 6.33. The molecule has 0 aliphatic heterocycles. The van der Waals surface area contributed by atoms with E-state index >= 15 is 4.39 Å². The Kier molecular flexibility index (Phi) is 7.73. The van der Waals surface area contributed by atoms with E-state index in [0.717, 1.165) is 37.4 Å². The zero-order valence-electron chi connectivity index (χ0n) is 18.4. The molecule has 0 saturated carbocycles. The smallest absolute Gasteiger partial charge is 0.495 e. The van der Waals surface area contributed by atoms with Crippen molar-refractivity contribution in [2.75, 3.05) is 19.5 Å². The molecule has 1 aromatic heterocycles. The molecule has 0 radical (unpaired) electrons. The van der Waals surface area contributed by atoms with Crippen LogP contribution in [0.2, 0.25) is 5.02 Å². The van der Waals surface area contributed by atoms with Crippen LogP contribution in [0.25, 0.3) is 0 Å². The molecule has 2 aromatic carbocycles. The molecule has 1 heterocycles. The van der Waals surface area contributed by atoms with Gasteiger partial charge in [0.1, 0.15) is 33.5 Å². The van der Waals surface area contributed by atoms with Crippen LogP contribution in [0.5, 0.6) is 28.7 Å². The van der Waals surface area contributed by atoms with E-state index < -0.39 is 46.1 Å². The van der Waals surface area contributed by atoms with E-state index in [-0.39, 0.29) is 28.6 Å². The summed E-state index contributed by atoms with van der Waals surface area (Å²) in [4.78, 5) is 28.1. The number of nitrogens with zero attached hydrogens (tertiary/aromatic N) is 1. The average Bonchev–Trinajstić information content (AvgIpc) is 2.81. The fourth-order valence-electron chi connectivity index (χ4n) is 2.91. The van der Waals surface area contributed by atoms with Crippen LogP contribution in [0.4, 0.5) is 23.2 Å². The van der Waals surface area contributed by atoms with Crippen LogP contribution in [0.3, 0.4) is 0 Å². The molecule has 0 spiro atoms. The van der Waals surface area contributed by atoms with Crippen LogP contribution < -0.4 is 30.0 Å². The number of rotatable bonds is 8. The molecule has 0 aliphatic rings. The molecule has 0 saturated heterocycles. The molecule has 9 nitrogen and oxygen atoms in total. The number of aromatic nitrogens is 1. The van der Waals surface area contributed by atoms with Crippen LogP contribution in [0.1, 0.15) is 20.8 Å². The minimum atomic E-state index is -4.95. The van der Waals surface area contributed by atoms with Gasteiger partial charge in [-0.25, -0.2) is 4.39 Å². The highest BCUT2D eigenvalue weighted by Gasteiger charge is 2.32. The number of benzene rings is 2. The third kappa shape index (κ3) is 6.05. The molecule has 2 amide bonds. The summed E-state index contributed by atoms with van der Waals surface area (Å²) >= 11 is 5.97. The summed E-state index contributed by atoms with van der Waals surface area (Å²) in [6, 6.07) is 6.44. The first-order valence-corrected chi connectivity index (χ1v) is 10.1. The lowest BCUT2D eigenvalue weighted by molar-refractivity contribution is -0.274. The number of anilines is 1. The molecule has 0 aliphatic carbocycles. The van der Waals surface area contributed by atoms with E-state index in [2.05, 4.69) is 15.0 Å². The Labute approximate surface area is 205 Å². The second-order valence-corrected chi connectivity index (χ2v) is 7.17. The van der Waals surface area contributed by atoms with Gasteiger partial charge in [0.2, 0.25) is 0 Å². The van der Waals surface area contributed by atoms with Gasteiger partial charge >= 0.3 is 6.36 Å². The Morgan fingerprint density at radius 2 is 1.69 bits per heavy atom. The van der Waals surface area contributed by atoms with Crippen molar-refractivity contribution in [3.63, 3.8) is 0 Å². The molecule has 190 valence electrons. The summed E-state index contributed by atoms with van der Waals surface area (Å²) < 4.78 is 72.3. The summed E-state index contributed by atoms with van der Waals surface area (Å²) in [6.45, 7) is 0. The Bertz CT molecular complexity index is 1320. The molecule has 14 heteroatoms. The number of nitrogens with one attached hydrogen (secondary N) is 1. The number of ether oxygens (including phenoxy) is 4. The minimum Gasteiger partial charge on any atom is -0.495 e. The van der Waals surface area contributed by atoms with Gasteiger partial charge in [0, 0.05) is 24.0 Å². The maximum Gasteiger partial charge on any atom is 0.573 e. The van der Waals surface area contributed by atoms with Crippen molar-refractivity contribution in [1.82, 2.24) is 4.98 Å². The molecule has 3 N–H and O–H groups in total. The molecule has 0 unspecified atom stereocenters. The first-order valence-electron chi connectivity index (χ1n) is 9.68. The Morgan fingerprint density at radius 1 is 1.00 bits per heavy atom. The quantitative estimate of drug-likeness (QED) is 0.397. The fourth-order valence-corrected chi connectivity index (χ4v) is 3.13. The van der Waals surface area contributed by atoms with Crippen molar-refractivity contribution >= 4 is 29.1 Å². The maximum absolute atomic E-state index is 15.2. The second kappa shape index (κ2) is 10.6. The molecule has 3 aromatic rings. The second-order valence-electron chi connectivity index (χ2n) is 6.79. The molecule has 3 rings (SSSR count). The Balaban J connectivity index is 2.03. The monoisotopic (exact) mass is 529 g/mol. The summed E-state index contributed by atoms with van der Waals surface area (Å²) in [7, 11) is 2.34. The number of pyridine rings is 1. The Morgan fingerprint density at radius 3 is 2.31 bits per heavy atom. The number of carbonyl (C=O) groups is 2. The fraction of sp³-hybridized carbons (Fsp3) is 0.136. The molecule has 36 heavy (non-hydrogen) atoms. The standard InChI is InChI=1S/C22H16ClF4N3O6/c1-33-14-8-11(36-22(25,26)27)3-4-13(14)35-15-9-16(34-2)18(23)19(24)17(15)21(32)30-10-5-6-29-12(7-10)20(28)31/h3-9H,1-2H3,(H2,28,31)(H,29,30,32). The number of amides is 2. The van der Waals surface area contributed by atoms with E-state index in [0.29, 0.717) is 0 Å². The van der Waals surface area contributed by atoms with Gasteiger partial charge in [-0.2, -0.15) is 0 Å². The first kappa shape index (κ1) is 26.3. The number of methoxy groups -OCH3 is 2. The van der Waals surface area contributed by atoms with Gasteiger partial charge in [0.25, 0.3) is 11.8 Å². The largest absolute Gasteiger partial charge is 0.573 e. The lowest BCUT2D eigenvalue weighted by atomic mass is 10.1. The average molecular weight is 530 g/mol. The van der Waals surface area contributed by atoms with Crippen molar-refractivity contribution in [2.45, 2.75) is 6.36 Å². The van der Waals surface area contributed by atoms with Gasteiger partial charge in [-0.3, -0.25) is 14.6 Å². The predicted molar refractivity (Wildman–Crippen MR) is 118 cm³/mol. The third-order valence-electron chi connectivity index (χ3n) is 4.44. The third-order valence-corrected chi connectivity index (χ3v) is 4.80. The van der Waals surface area contributed by atoms with Crippen molar-refractivity contribution < 1.29 is 46.1 Å². The van der Waals surface area contributed by atoms with E-state index in [9.17, 15) is 22.8 Å². The van der Waals surface area contributed by atoms with E-state index in [1.54, 1.807) is 0 Å². The Hall–Kier alpha value is -4.26. The highest BCUT2D eigenvalue weighted by Crippen LogP contribution is 2.42. The van der Waals surface area contributed by atoms with Crippen LogP contribution >= 0.6 is 11.6 Å². The van der Waals surface area contributed by atoms with Crippen LogP contribution in [-0.2, 0) is 0 Å². The minimum absolute atomic E-state index is 0.0484. The summed E-state index contributed by atoms with van der Waals surface area (Å²) in [5.41, 5.74) is 4.37. The topological polar surface area (TPSA) is 122 Å². The highest BCUT2D eigenvalue weighted by atomic mass is 35.5. The zero-order valence-corrected chi connectivity index (χ0v) is 19.2. The van der Waals surface area contributed by atoms with Crippen molar-refractivity contribution in [3.05, 3.63) is 64.7 Å². The van der Waals surface area contributed by atoms with Crippen LogP contribution in [-0.4, -0.2) is 37.4 Å². The van der Waals surface area contributed by atoms with E-state index in [1.165, 1.54) is 19.4 Å². The SMILES string of the molecule is COc1cc(OC(F)(F)F)ccc1Oc1cc(OC)c(Cl)c(F)c1C(=O)Nc1ccnc(C(N)=O)c1. The molecular formula is C22H16ClF4N3O6. The van der Waals surface area contributed by atoms with Gasteiger partial charge in [0.15, 0.2) is 17.3 Å². The van der Waals surface area contributed by atoms with Crippen LogP contribution in [0.15, 0.2) is 42.6 Å². The normalized spacial score (nSPS) is 11.0. The number of nitrogens with two attached hydrogens (primary N) is 1. The zero-order chi connectivity index (χ0) is 26.6. The molecule has 0 fully saturated rings. The number of primary amides is 1. The number of hydrogen-bond donors (Lipinski definition) is 2. The van der Waals surface area contributed by atoms with Crippen molar-refractivity contribution in [2.24, 2.45) is 5.73 Å². The van der Waals surface area contributed by atoms with Gasteiger partial charge in [-0.15, -0.1) is 13.2 Å². The summed E-state index contributed by atoms with van der Waals surface area (Å²) in [6.07, 6.45) is -3.76. The molecule has 0 atom stereocenters. The van der Waals surface area contributed by atoms with Gasteiger partial charge < -0.3 is 30.0 Å². The first-order chi connectivity index (χ1) is 16.9. The van der Waals surface area contributed by atoms with Crippen LogP contribution in [0, 0.1) is 5.82 Å². The molecular weight excluding hydrogens is 514 g/mol. The number of hydrogen-bond acceptors (Lipinski definition) is 7. The predicted octanol–water partition coefficient (Wildman–Crippen LogP) is 4.93.